The summed E-state index contributed by atoms with van der Waals surface area (Å²) >= 11 is 0. The maximum absolute atomic E-state index is 2.54. The highest BCUT2D eigenvalue weighted by Gasteiger charge is 2.33. The molecule has 0 aromatic rings. The van der Waals surface area contributed by atoms with Crippen LogP contribution in [-0.2, 0) is 10.9 Å². The Labute approximate surface area is 85.5 Å². The number of rotatable bonds is 0. The molecular weight excluding hydrogens is 271 g/mol. The van der Waals surface area contributed by atoms with E-state index < -0.39 is 8.07 Å². The highest BCUT2D eigenvalue weighted by molar-refractivity contribution is 7.97. The molecule has 0 saturated carbocycles. The van der Waals surface area contributed by atoms with Crippen LogP contribution < -0.4 is 24.0 Å². The van der Waals surface area contributed by atoms with E-state index in [1.807, 2.05) is 0 Å². The highest BCUT2D eigenvalue weighted by Crippen LogP contribution is 2.21. The second kappa shape index (κ2) is 4.35. The molecule has 0 aromatic heterocycles. The van der Waals surface area contributed by atoms with Gasteiger partial charge in [-0.25, -0.2) is 0 Å². The maximum Gasteiger partial charge on any atom is 0.107 e. The van der Waals surface area contributed by atoms with Crippen LogP contribution >= 0.6 is 0 Å². The monoisotopic (exact) mass is 288 g/mol. The molecule has 1 rings (SSSR count). The molecule has 3 heteroatoms. The minimum atomic E-state index is -0.641. The summed E-state index contributed by atoms with van der Waals surface area (Å²) < 4.78 is 0. The molecule has 1 fully saturated rings. The molecule has 0 spiro atoms. The van der Waals surface area contributed by atoms with Crippen LogP contribution in [0.15, 0.2) is 0 Å². The van der Waals surface area contributed by atoms with Crippen molar-refractivity contribution in [3.8, 4) is 0 Å². The Morgan fingerprint density at radius 1 is 1.30 bits per heavy atom. The first-order valence-electron chi connectivity index (χ1n) is 3.69. The van der Waals surface area contributed by atoms with Gasteiger partial charge in [0.1, 0.15) is 13.8 Å². The van der Waals surface area contributed by atoms with E-state index in [0.29, 0.717) is 0 Å². The zero-order chi connectivity index (χ0) is 6.91. The first-order chi connectivity index (χ1) is 4.10. The summed E-state index contributed by atoms with van der Waals surface area (Å²) in [5, 5.41) is 1.60. The molecule has 1 heterocycles. The van der Waals surface area contributed by atoms with Gasteiger partial charge in [0.05, 0.1) is 11.6 Å². The van der Waals surface area contributed by atoms with E-state index in [1.165, 1.54) is 12.2 Å². The Morgan fingerprint density at radius 3 is 2.20 bits per heavy atom. The molecule has 1 aliphatic heterocycles. The standard InChI is InChI=1S/C7H17SSi.HI/c1-8-5-4-6-9(2,3)7-8;/h4-7H2,1-3H3;1H/q+1;/p-1. The van der Waals surface area contributed by atoms with Crippen LogP contribution in [0.1, 0.15) is 6.42 Å². The Hall–Kier alpha value is 1.30. The predicted molar refractivity (Wildman–Crippen MR) is 49.9 cm³/mol. The first kappa shape index (κ1) is 11.3. The third-order valence-electron chi connectivity index (χ3n) is 1.98. The normalized spacial score (nSPS) is 30.9. The second-order valence-corrected chi connectivity index (χ2v) is 11.9. The molecular formula is C7H17ISSi. The van der Waals surface area contributed by atoms with Gasteiger partial charge in [-0.05, 0) is 23.4 Å². The fourth-order valence-corrected chi connectivity index (χ4v) is 10.1. The summed E-state index contributed by atoms with van der Waals surface area (Å²) in [5.41, 5.74) is 0. The van der Waals surface area contributed by atoms with Gasteiger partial charge in [0.15, 0.2) is 0 Å². The van der Waals surface area contributed by atoms with E-state index in [9.17, 15) is 0 Å². The fraction of sp³-hybridized carbons (Fsp3) is 1.00. The largest absolute Gasteiger partial charge is 1.00 e. The number of hydrogen-bond acceptors (Lipinski definition) is 0. The van der Waals surface area contributed by atoms with E-state index in [2.05, 4.69) is 19.3 Å². The Bertz CT molecular complexity index is 106. The second-order valence-electron chi connectivity index (χ2n) is 3.90. The van der Waals surface area contributed by atoms with Crippen molar-refractivity contribution in [1.82, 2.24) is 0 Å². The number of halogens is 1. The van der Waals surface area contributed by atoms with Crippen LogP contribution in [0.3, 0.4) is 0 Å². The number of hydrogen-bond donors (Lipinski definition) is 0. The third kappa shape index (κ3) is 3.62. The van der Waals surface area contributed by atoms with Crippen LogP contribution in [0.2, 0.25) is 19.1 Å². The van der Waals surface area contributed by atoms with Gasteiger partial charge in [0.25, 0.3) is 0 Å². The lowest BCUT2D eigenvalue weighted by Crippen LogP contribution is -3.00. The summed E-state index contributed by atoms with van der Waals surface area (Å²) in [4.78, 5) is 0. The zero-order valence-electron chi connectivity index (χ0n) is 7.11. The highest BCUT2D eigenvalue weighted by atomic mass is 127. The van der Waals surface area contributed by atoms with Gasteiger partial charge in [0, 0.05) is 0 Å². The molecule has 1 atom stereocenters. The minimum absolute atomic E-state index is 0. The van der Waals surface area contributed by atoms with E-state index >= 15 is 0 Å². The lowest BCUT2D eigenvalue weighted by Gasteiger charge is -2.24. The van der Waals surface area contributed by atoms with Gasteiger partial charge >= 0.3 is 0 Å². The van der Waals surface area contributed by atoms with Gasteiger partial charge in [0.2, 0.25) is 0 Å². The van der Waals surface area contributed by atoms with Crippen molar-refractivity contribution in [2.24, 2.45) is 0 Å². The average molecular weight is 288 g/mol. The molecule has 1 aliphatic rings. The zero-order valence-corrected chi connectivity index (χ0v) is 11.1. The minimum Gasteiger partial charge on any atom is -1.00 e. The molecule has 0 radical (unpaired) electrons. The van der Waals surface area contributed by atoms with Crippen molar-refractivity contribution in [1.29, 1.82) is 0 Å². The van der Waals surface area contributed by atoms with Gasteiger partial charge in [-0.1, -0.05) is 13.1 Å². The van der Waals surface area contributed by atoms with Gasteiger partial charge in [-0.15, -0.1) is 0 Å². The third-order valence-corrected chi connectivity index (χ3v) is 9.77. The molecule has 0 nitrogen and oxygen atoms in total. The Morgan fingerprint density at radius 2 is 1.90 bits per heavy atom. The molecule has 0 aromatic carbocycles. The van der Waals surface area contributed by atoms with E-state index in [1.54, 1.807) is 11.4 Å². The maximum atomic E-state index is 2.54. The summed E-state index contributed by atoms with van der Waals surface area (Å²) in [5.74, 6) is 1.52. The van der Waals surface area contributed by atoms with Gasteiger partial charge in [-0.3, -0.25) is 0 Å². The van der Waals surface area contributed by atoms with Crippen molar-refractivity contribution >= 4 is 19.0 Å². The van der Waals surface area contributed by atoms with Gasteiger partial charge in [-0.2, -0.15) is 0 Å². The summed E-state index contributed by atoms with van der Waals surface area (Å²) in [6.07, 6.45) is 3.97. The predicted octanol–water partition coefficient (Wildman–Crippen LogP) is -1.11. The van der Waals surface area contributed by atoms with Crippen molar-refractivity contribution in [3.05, 3.63) is 0 Å². The quantitative estimate of drug-likeness (QED) is 0.301. The van der Waals surface area contributed by atoms with Crippen molar-refractivity contribution < 1.29 is 24.0 Å². The lowest BCUT2D eigenvalue weighted by molar-refractivity contribution is -0.00000228. The molecule has 0 bridgehead atoms. The van der Waals surface area contributed by atoms with E-state index in [-0.39, 0.29) is 24.0 Å². The molecule has 0 N–H and O–H groups in total. The van der Waals surface area contributed by atoms with Gasteiger partial charge < -0.3 is 24.0 Å². The van der Waals surface area contributed by atoms with E-state index in [4.69, 9.17) is 0 Å². The average Bonchev–Trinajstić information content (AvgIpc) is 1.60. The fourth-order valence-electron chi connectivity index (χ4n) is 1.61. The SMILES string of the molecule is C[S+]1CCC[Si](C)(C)C1.[I-]. The molecule has 0 aliphatic carbocycles. The summed E-state index contributed by atoms with van der Waals surface area (Å²) in [6.45, 7) is 5.07. The smallest absolute Gasteiger partial charge is 0.107 e. The topological polar surface area (TPSA) is 0 Å². The Kier molecular flexibility index (Phi) is 4.92. The molecule has 62 valence electrons. The lowest BCUT2D eigenvalue weighted by atomic mass is 10.6. The molecule has 1 unspecified atom stereocenters. The van der Waals surface area contributed by atoms with Crippen LogP contribution in [0.5, 0.6) is 0 Å². The summed E-state index contributed by atoms with van der Waals surface area (Å²) in [6, 6.07) is 1.59. The van der Waals surface area contributed by atoms with Crippen LogP contribution in [-0.4, -0.2) is 25.5 Å². The summed E-state index contributed by atoms with van der Waals surface area (Å²) in [7, 11) is 0.161. The van der Waals surface area contributed by atoms with Crippen molar-refractivity contribution in [2.45, 2.75) is 25.6 Å². The Balaban J connectivity index is 0.000000810. The molecule has 10 heavy (non-hydrogen) atoms. The van der Waals surface area contributed by atoms with Crippen LogP contribution in [0, 0.1) is 0 Å². The van der Waals surface area contributed by atoms with E-state index in [0.717, 1.165) is 10.9 Å². The van der Waals surface area contributed by atoms with Crippen molar-refractivity contribution in [3.63, 3.8) is 0 Å². The molecule has 1 saturated heterocycles. The van der Waals surface area contributed by atoms with Crippen molar-refractivity contribution in [2.75, 3.05) is 17.4 Å². The van der Waals surface area contributed by atoms with Crippen LogP contribution in [0.4, 0.5) is 0 Å². The molecule has 0 amide bonds. The van der Waals surface area contributed by atoms with Crippen LogP contribution in [0.25, 0.3) is 0 Å². The first-order valence-corrected chi connectivity index (χ1v) is 9.08.